The highest BCUT2D eigenvalue weighted by molar-refractivity contribution is 7.16. The monoisotopic (exact) mass is 203 g/mol. The SMILES string of the molecule is CC(C)C(=O)C(C(C)C)N(C)CP. The molecule has 78 valence electrons. The molecule has 0 saturated heterocycles. The summed E-state index contributed by atoms with van der Waals surface area (Å²) in [6.45, 7) is 8.13. The Morgan fingerprint density at radius 1 is 1.31 bits per heavy atom. The normalized spacial score (nSPS) is 14.2. The van der Waals surface area contributed by atoms with Crippen molar-refractivity contribution < 1.29 is 4.79 Å². The fourth-order valence-corrected chi connectivity index (χ4v) is 1.74. The summed E-state index contributed by atoms with van der Waals surface area (Å²) in [7, 11) is 4.66. The molecule has 2 atom stereocenters. The highest BCUT2D eigenvalue weighted by Crippen LogP contribution is 2.15. The number of ketones is 1. The smallest absolute Gasteiger partial charge is 0.152 e. The van der Waals surface area contributed by atoms with Gasteiger partial charge in [0.25, 0.3) is 0 Å². The molecule has 0 saturated carbocycles. The summed E-state index contributed by atoms with van der Waals surface area (Å²) >= 11 is 0. The van der Waals surface area contributed by atoms with E-state index in [0.29, 0.717) is 11.7 Å². The van der Waals surface area contributed by atoms with Gasteiger partial charge in [0.1, 0.15) is 0 Å². The topological polar surface area (TPSA) is 20.3 Å². The van der Waals surface area contributed by atoms with Crippen molar-refractivity contribution in [3.05, 3.63) is 0 Å². The molecular weight excluding hydrogens is 181 g/mol. The minimum Gasteiger partial charge on any atom is -0.298 e. The van der Waals surface area contributed by atoms with E-state index in [1.54, 1.807) is 0 Å². The lowest BCUT2D eigenvalue weighted by Gasteiger charge is -2.30. The van der Waals surface area contributed by atoms with Crippen molar-refractivity contribution >= 4 is 15.0 Å². The van der Waals surface area contributed by atoms with E-state index in [1.165, 1.54) is 0 Å². The van der Waals surface area contributed by atoms with Crippen molar-refractivity contribution in [2.75, 3.05) is 13.3 Å². The van der Waals surface area contributed by atoms with E-state index in [1.807, 2.05) is 20.9 Å². The summed E-state index contributed by atoms with van der Waals surface area (Å²) in [6, 6.07) is 0.0671. The predicted molar refractivity (Wildman–Crippen MR) is 60.8 cm³/mol. The Morgan fingerprint density at radius 2 is 1.77 bits per heavy atom. The van der Waals surface area contributed by atoms with Crippen LogP contribution >= 0.6 is 9.24 Å². The largest absolute Gasteiger partial charge is 0.298 e. The number of Topliss-reactive ketones (excluding diaryl/α,β-unsaturated/α-hetero) is 1. The summed E-state index contributed by atoms with van der Waals surface area (Å²) in [4.78, 5) is 13.9. The zero-order chi connectivity index (χ0) is 10.6. The highest BCUT2D eigenvalue weighted by Gasteiger charge is 2.26. The fourth-order valence-electron chi connectivity index (χ4n) is 1.51. The highest BCUT2D eigenvalue weighted by atomic mass is 31.0. The molecular formula is C10H22NOP. The summed E-state index contributed by atoms with van der Waals surface area (Å²) < 4.78 is 0. The van der Waals surface area contributed by atoms with Crippen molar-refractivity contribution in [3.63, 3.8) is 0 Å². The summed E-state index contributed by atoms with van der Waals surface area (Å²) in [6.07, 6.45) is 0.849. The Bertz CT molecular complexity index is 168. The van der Waals surface area contributed by atoms with Gasteiger partial charge in [0.2, 0.25) is 0 Å². The number of hydrogen-bond donors (Lipinski definition) is 0. The molecule has 0 aromatic heterocycles. The van der Waals surface area contributed by atoms with Crippen LogP contribution < -0.4 is 0 Å². The van der Waals surface area contributed by atoms with Crippen LogP contribution in [0.3, 0.4) is 0 Å². The van der Waals surface area contributed by atoms with E-state index in [2.05, 4.69) is 28.0 Å². The van der Waals surface area contributed by atoms with E-state index in [4.69, 9.17) is 0 Å². The molecule has 3 heteroatoms. The van der Waals surface area contributed by atoms with E-state index >= 15 is 0 Å². The van der Waals surface area contributed by atoms with Crippen molar-refractivity contribution in [1.82, 2.24) is 4.90 Å². The molecule has 0 aliphatic rings. The molecule has 0 aromatic rings. The van der Waals surface area contributed by atoms with Gasteiger partial charge in [-0.25, -0.2) is 0 Å². The van der Waals surface area contributed by atoms with Gasteiger partial charge in [0.15, 0.2) is 5.78 Å². The Hall–Kier alpha value is 0.0600. The first-order valence-electron chi connectivity index (χ1n) is 4.85. The number of carbonyl (C=O) groups is 1. The molecule has 0 N–H and O–H groups in total. The minimum absolute atomic E-state index is 0.0671. The van der Waals surface area contributed by atoms with E-state index in [-0.39, 0.29) is 12.0 Å². The van der Waals surface area contributed by atoms with Gasteiger partial charge in [0.05, 0.1) is 6.04 Å². The fraction of sp³-hybridized carbons (Fsp3) is 0.900. The third-order valence-electron chi connectivity index (χ3n) is 2.25. The third kappa shape index (κ3) is 3.74. The molecule has 0 radical (unpaired) electrons. The maximum absolute atomic E-state index is 11.8. The lowest BCUT2D eigenvalue weighted by atomic mass is 9.92. The van der Waals surface area contributed by atoms with Crippen LogP contribution in [0.5, 0.6) is 0 Å². The lowest BCUT2D eigenvalue weighted by Crippen LogP contribution is -2.43. The molecule has 0 aromatic carbocycles. The first-order chi connectivity index (χ1) is 5.91. The van der Waals surface area contributed by atoms with Crippen LogP contribution in [0.4, 0.5) is 0 Å². The molecule has 2 unspecified atom stereocenters. The number of likely N-dealkylation sites (N-methyl/N-ethyl adjacent to an activating group) is 1. The number of nitrogens with zero attached hydrogens (tertiary/aromatic N) is 1. The Morgan fingerprint density at radius 3 is 2.00 bits per heavy atom. The Labute approximate surface area is 84.3 Å². The molecule has 0 amide bonds. The molecule has 0 aliphatic heterocycles. The summed E-state index contributed by atoms with van der Waals surface area (Å²) in [5, 5.41) is 0. The second-order valence-corrected chi connectivity index (χ2v) is 4.55. The quantitative estimate of drug-likeness (QED) is 0.637. The Balaban J connectivity index is 4.51. The molecule has 0 heterocycles. The third-order valence-corrected chi connectivity index (χ3v) is 2.83. The van der Waals surface area contributed by atoms with E-state index < -0.39 is 0 Å². The van der Waals surface area contributed by atoms with Crippen molar-refractivity contribution in [3.8, 4) is 0 Å². The van der Waals surface area contributed by atoms with Crippen molar-refractivity contribution in [1.29, 1.82) is 0 Å². The maximum Gasteiger partial charge on any atom is 0.152 e. The molecule has 0 aliphatic carbocycles. The zero-order valence-corrected chi connectivity index (χ0v) is 10.5. The summed E-state index contributed by atoms with van der Waals surface area (Å²) in [5.41, 5.74) is 0. The predicted octanol–water partition coefficient (Wildman–Crippen LogP) is 2.00. The second-order valence-electron chi connectivity index (χ2n) is 4.19. The van der Waals surface area contributed by atoms with Gasteiger partial charge in [-0.1, -0.05) is 27.7 Å². The number of carbonyl (C=O) groups excluding carboxylic acids is 1. The number of hydrogen-bond acceptors (Lipinski definition) is 2. The van der Waals surface area contributed by atoms with Gasteiger partial charge in [-0.2, -0.15) is 0 Å². The molecule has 0 bridgehead atoms. The van der Waals surface area contributed by atoms with Crippen LogP contribution in [0.25, 0.3) is 0 Å². The van der Waals surface area contributed by atoms with Gasteiger partial charge in [-0.05, 0) is 13.0 Å². The zero-order valence-electron chi connectivity index (χ0n) is 9.37. The second kappa shape index (κ2) is 5.72. The van der Waals surface area contributed by atoms with E-state index in [9.17, 15) is 4.79 Å². The first-order valence-corrected chi connectivity index (χ1v) is 5.67. The first kappa shape index (κ1) is 13.1. The van der Waals surface area contributed by atoms with Crippen LogP contribution in [0.1, 0.15) is 27.7 Å². The van der Waals surface area contributed by atoms with Crippen molar-refractivity contribution in [2.45, 2.75) is 33.7 Å². The summed E-state index contributed by atoms with van der Waals surface area (Å²) in [5.74, 6) is 0.867. The van der Waals surface area contributed by atoms with Gasteiger partial charge in [0, 0.05) is 12.2 Å². The molecule has 0 fully saturated rings. The van der Waals surface area contributed by atoms with Crippen LogP contribution in [0.2, 0.25) is 0 Å². The average Bonchev–Trinajstić information content (AvgIpc) is 2.03. The molecule has 2 nitrogen and oxygen atoms in total. The van der Waals surface area contributed by atoms with Crippen LogP contribution in [0.15, 0.2) is 0 Å². The molecule has 13 heavy (non-hydrogen) atoms. The lowest BCUT2D eigenvalue weighted by molar-refractivity contribution is -0.127. The van der Waals surface area contributed by atoms with Gasteiger partial charge in [-0.3, -0.25) is 9.69 Å². The maximum atomic E-state index is 11.8. The molecule has 0 rings (SSSR count). The van der Waals surface area contributed by atoms with Crippen LogP contribution in [0, 0.1) is 11.8 Å². The number of rotatable bonds is 5. The van der Waals surface area contributed by atoms with Gasteiger partial charge < -0.3 is 0 Å². The van der Waals surface area contributed by atoms with Crippen molar-refractivity contribution in [2.24, 2.45) is 11.8 Å². The standard InChI is InChI=1S/C10H22NOP/c1-7(2)9(11(5)6-13)10(12)8(3)4/h7-9H,6,13H2,1-5H3. The van der Waals surface area contributed by atoms with Gasteiger partial charge >= 0.3 is 0 Å². The van der Waals surface area contributed by atoms with Crippen LogP contribution in [-0.4, -0.2) is 30.1 Å². The average molecular weight is 203 g/mol. The Kier molecular flexibility index (Phi) is 5.75. The van der Waals surface area contributed by atoms with E-state index in [0.717, 1.165) is 6.29 Å². The van der Waals surface area contributed by atoms with Crippen LogP contribution in [-0.2, 0) is 4.79 Å². The molecule has 0 spiro atoms. The van der Waals surface area contributed by atoms with Gasteiger partial charge in [-0.15, -0.1) is 9.24 Å². The minimum atomic E-state index is 0.0671.